The zero-order chi connectivity index (χ0) is 23.8. The summed E-state index contributed by atoms with van der Waals surface area (Å²) < 4.78 is 15.3. The van der Waals surface area contributed by atoms with E-state index in [0.717, 1.165) is 16.5 Å². The molecule has 0 radical (unpaired) electrons. The van der Waals surface area contributed by atoms with Gasteiger partial charge in [0.05, 0.1) is 22.3 Å². The van der Waals surface area contributed by atoms with Crippen molar-refractivity contribution in [3.8, 4) is 16.9 Å². The van der Waals surface area contributed by atoms with E-state index in [0.29, 0.717) is 34.8 Å². The van der Waals surface area contributed by atoms with Gasteiger partial charge in [0.1, 0.15) is 11.5 Å². The monoisotopic (exact) mass is 464 g/mol. The van der Waals surface area contributed by atoms with Crippen LogP contribution in [0.5, 0.6) is 0 Å². The van der Waals surface area contributed by atoms with Gasteiger partial charge in [-0.15, -0.1) is 0 Å². The second-order valence-electron chi connectivity index (χ2n) is 9.27. The molecule has 0 aliphatic carbocycles. The zero-order valence-electron chi connectivity index (χ0n) is 18.8. The molecule has 0 spiro atoms. The lowest BCUT2D eigenvalue weighted by atomic mass is 9.81. The van der Waals surface area contributed by atoms with Gasteiger partial charge in [-0.1, -0.05) is 49.7 Å². The fourth-order valence-corrected chi connectivity index (χ4v) is 4.55. The van der Waals surface area contributed by atoms with Gasteiger partial charge < -0.3 is 5.11 Å². The highest BCUT2D eigenvalue weighted by Crippen LogP contribution is 2.35. The second-order valence-corrected chi connectivity index (χ2v) is 9.67. The average Bonchev–Trinajstić information content (AvgIpc) is 3.12. The first-order chi connectivity index (χ1) is 15.6. The highest BCUT2D eigenvalue weighted by molar-refractivity contribution is 6.33. The van der Waals surface area contributed by atoms with Crippen LogP contribution in [0.1, 0.15) is 44.0 Å². The van der Waals surface area contributed by atoms with Crippen LogP contribution in [-0.2, 0) is 0 Å². The van der Waals surface area contributed by atoms with Crippen molar-refractivity contribution in [2.75, 3.05) is 0 Å². The van der Waals surface area contributed by atoms with E-state index >= 15 is 0 Å². The highest BCUT2D eigenvalue weighted by Gasteiger charge is 2.25. The molecule has 0 saturated heterocycles. The third-order valence-electron chi connectivity index (χ3n) is 5.69. The van der Waals surface area contributed by atoms with Crippen LogP contribution in [-0.4, -0.2) is 26.8 Å². The third-order valence-corrected chi connectivity index (χ3v) is 6.02. The topological polar surface area (TPSA) is 55.1 Å². The van der Waals surface area contributed by atoms with Crippen LogP contribution in [0.3, 0.4) is 0 Å². The first-order valence-corrected chi connectivity index (χ1v) is 11.3. The molecule has 0 aliphatic heterocycles. The molecule has 0 saturated carbocycles. The zero-order valence-corrected chi connectivity index (χ0v) is 19.6. The Labute approximate surface area is 197 Å². The summed E-state index contributed by atoms with van der Waals surface area (Å²) >= 11 is 6.46. The molecule has 1 unspecified atom stereocenters. The molecule has 6 heteroatoms. The summed E-state index contributed by atoms with van der Waals surface area (Å²) in [6.45, 7) is 5.69. The fourth-order valence-electron chi connectivity index (χ4n) is 4.33. The Kier molecular flexibility index (Phi) is 6.37. The number of hydrogen-bond acceptors (Lipinski definition) is 3. The maximum atomic E-state index is 13.5. The summed E-state index contributed by atoms with van der Waals surface area (Å²) in [5, 5.41) is 16.0. The van der Waals surface area contributed by atoms with E-state index in [1.165, 1.54) is 12.1 Å². The van der Waals surface area contributed by atoms with Gasteiger partial charge in [-0.25, -0.2) is 9.07 Å². The molecule has 1 heterocycles. The van der Waals surface area contributed by atoms with Gasteiger partial charge in [-0.05, 0) is 61.2 Å². The van der Waals surface area contributed by atoms with Gasteiger partial charge in [-0.3, -0.25) is 4.79 Å². The molecule has 0 amide bonds. The number of fused-ring (bicyclic) bond motifs is 1. The number of aliphatic hydroxyl groups is 1. The van der Waals surface area contributed by atoms with Crippen molar-refractivity contribution >= 4 is 28.3 Å². The maximum Gasteiger partial charge on any atom is 0.163 e. The van der Waals surface area contributed by atoms with Crippen molar-refractivity contribution in [3.05, 3.63) is 83.1 Å². The van der Waals surface area contributed by atoms with Crippen LogP contribution < -0.4 is 0 Å². The number of carbonyl (C=O) groups is 1. The number of aromatic nitrogens is 2. The summed E-state index contributed by atoms with van der Waals surface area (Å²) in [5.74, 6) is -0.341. The van der Waals surface area contributed by atoms with Crippen LogP contribution in [0.2, 0.25) is 5.02 Å². The Hall–Kier alpha value is -3.02. The Morgan fingerprint density at radius 2 is 1.82 bits per heavy atom. The van der Waals surface area contributed by atoms with E-state index in [9.17, 15) is 14.3 Å². The van der Waals surface area contributed by atoms with Gasteiger partial charge in [-0.2, -0.15) is 5.10 Å². The van der Waals surface area contributed by atoms with E-state index in [-0.39, 0.29) is 17.0 Å². The molecule has 1 atom stereocenters. The first kappa shape index (κ1) is 23.1. The number of rotatable bonds is 7. The summed E-state index contributed by atoms with van der Waals surface area (Å²) in [6.07, 6.45) is 0.365. The molecule has 4 rings (SSSR count). The molecule has 1 N–H and O–H groups in total. The molecule has 0 bridgehead atoms. The van der Waals surface area contributed by atoms with Crippen molar-refractivity contribution in [1.82, 2.24) is 9.78 Å². The molecule has 4 nitrogen and oxygen atoms in total. The Bertz CT molecular complexity index is 1310. The SMILES string of the molecule is CC(O)CC(C)(C)CC(=O)c1ccc2c(-c3ccccc3Cl)nn(-c3ccc(F)cc3)c2c1. The minimum atomic E-state index is -0.478. The van der Waals surface area contributed by atoms with Gasteiger partial charge in [0, 0.05) is 22.9 Å². The Morgan fingerprint density at radius 3 is 2.48 bits per heavy atom. The van der Waals surface area contributed by atoms with E-state index in [1.54, 1.807) is 29.8 Å². The van der Waals surface area contributed by atoms with Gasteiger partial charge in [0.2, 0.25) is 0 Å². The Morgan fingerprint density at radius 1 is 1.12 bits per heavy atom. The number of ketones is 1. The van der Waals surface area contributed by atoms with Crippen molar-refractivity contribution < 1.29 is 14.3 Å². The quantitative estimate of drug-likeness (QED) is 0.304. The van der Waals surface area contributed by atoms with Crippen molar-refractivity contribution in [3.63, 3.8) is 0 Å². The number of halogens is 2. The van der Waals surface area contributed by atoms with Crippen molar-refractivity contribution in [2.24, 2.45) is 5.41 Å². The third kappa shape index (κ3) is 5.00. The minimum absolute atomic E-state index is 0.00583. The molecular formula is C27H26ClFN2O2. The first-order valence-electron chi connectivity index (χ1n) is 10.9. The van der Waals surface area contributed by atoms with E-state index in [2.05, 4.69) is 0 Å². The predicted octanol–water partition coefficient (Wildman–Crippen LogP) is 6.85. The van der Waals surface area contributed by atoms with Gasteiger partial charge in [0.25, 0.3) is 0 Å². The molecule has 0 aliphatic rings. The normalized spacial score (nSPS) is 12.8. The largest absolute Gasteiger partial charge is 0.393 e. The molecule has 3 aromatic carbocycles. The number of aliphatic hydroxyl groups excluding tert-OH is 1. The fraction of sp³-hybridized carbons (Fsp3) is 0.259. The summed E-state index contributed by atoms with van der Waals surface area (Å²) in [7, 11) is 0. The maximum absolute atomic E-state index is 13.5. The van der Waals surface area contributed by atoms with E-state index < -0.39 is 6.10 Å². The Balaban J connectivity index is 1.84. The molecular weight excluding hydrogens is 439 g/mol. The molecule has 0 fully saturated rings. The van der Waals surface area contributed by atoms with Gasteiger partial charge in [0.15, 0.2) is 5.78 Å². The number of carbonyl (C=O) groups excluding carboxylic acids is 1. The molecule has 33 heavy (non-hydrogen) atoms. The summed E-state index contributed by atoms with van der Waals surface area (Å²) in [5.41, 5.74) is 3.11. The van der Waals surface area contributed by atoms with Crippen LogP contribution in [0.25, 0.3) is 27.8 Å². The van der Waals surface area contributed by atoms with Crippen molar-refractivity contribution in [2.45, 2.75) is 39.7 Å². The number of benzene rings is 3. The lowest BCUT2D eigenvalue weighted by Crippen LogP contribution is -2.22. The van der Waals surface area contributed by atoms with Crippen LogP contribution in [0, 0.1) is 11.2 Å². The van der Waals surface area contributed by atoms with Crippen molar-refractivity contribution in [1.29, 1.82) is 0 Å². The molecule has 170 valence electrons. The van der Waals surface area contributed by atoms with E-state index in [1.807, 2.05) is 50.2 Å². The van der Waals surface area contributed by atoms with Gasteiger partial charge >= 0.3 is 0 Å². The van der Waals surface area contributed by atoms with Crippen LogP contribution in [0.4, 0.5) is 4.39 Å². The van der Waals surface area contributed by atoms with E-state index in [4.69, 9.17) is 16.7 Å². The lowest BCUT2D eigenvalue weighted by molar-refractivity contribution is 0.0857. The number of hydrogen-bond donors (Lipinski definition) is 1. The highest BCUT2D eigenvalue weighted by atomic mass is 35.5. The van der Waals surface area contributed by atoms with Crippen LogP contribution >= 0.6 is 11.6 Å². The predicted molar refractivity (Wildman–Crippen MR) is 131 cm³/mol. The number of Topliss-reactive ketones (excluding diaryl/α,β-unsaturated/α-hetero) is 1. The average molecular weight is 465 g/mol. The summed E-state index contributed by atoms with van der Waals surface area (Å²) in [4.78, 5) is 13.1. The van der Waals surface area contributed by atoms with Crippen LogP contribution in [0.15, 0.2) is 66.7 Å². The number of nitrogens with zero attached hydrogens (tertiary/aromatic N) is 2. The standard InChI is InChI=1S/C27H26ClFN2O2/c1-17(32)15-27(2,3)16-25(33)18-8-13-22-24(14-18)31(20-11-9-19(29)10-12-20)30-26(22)21-6-4-5-7-23(21)28/h4-14,17,32H,15-16H2,1-3H3. The molecule has 4 aromatic rings. The smallest absolute Gasteiger partial charge is 0.163 e. The minimum Gasteiger partial charge on any atom is -0.393 e. The summed E-state index contributed by atoms with van der Waals surface area (Å²) in [6, 6.07) is 19.0. The lowest BCUT2D eigenvalue weighted by Gasteiger charge is -2.25. The molecule has 1 aromatic heterocycles. The second kappa shape index (κ2) is 9.08.